The van der Waals surface area contributed by atoms with E-state index in [-0.39, 0.29) is 0 Å². The van der Waals surface area contributed by atoms with Crippen molar-refractivity contribution in [3.8, 4) is 17.1 Å². The van der Waals surface area contributed by atoms with Crippen LogP contribution in [0.4, 0.5) is 11.5 Å². The third-order valence-corrected chi connectivity index (χ3v) is 4.23. The third-order valence-electron chi connectivity index (χ3n) is 4.23. The second-order valence-corrected chi connectivity index (χ2v) is 6.14. The van der Waals surface area contributed by atoms with E-state index in [1.807, 2.05) is 60.7 Å². The number of hydrogen-bond acceptors (Lipinski definition) is 4. The van der Waals surface area contributed by atoms with E-state index in [0.29, 0.717) is 5.82 Å². The fourth-order valence-electron chi connectivity index (χ4n) is 2.90. The maximum atomic E-state index is 5.24. The summed E-state index contributed by atoms with van der Waals surface area (Å²) in [4.78, 5) is 9.52. The van der Waals surface area contributed by atoms with Gasteiger partial charge in [0, 0.05) is 16.6 Å². The molecule has 0 aliphatic carbocycles. The van der Waals surface area contributed by atoms with Crippen molar-refractivity contribution < 1.29 is 4.74 Å². The van der Waals surface area contributed by atoms with Crippen molar-refractivity contribution in [1.82, 2.24) is 9.97 Å². The molecule has 4 rings (SSSR count). The second-order valence-electron chi connectivity index (χ2n) is 6.14. The minimum atomic E-state index is 0.682. The van der Waals surface area contributed by atoms with Gasteiger partial charge in [0.25, 0.3) is 0 Å². The molecule has 0 fully saturated rings. The average molecular weight is 341 g/mol. The molecule has 0 atom stereocenters. The molecule has 0 saturated carbocycles. The number of nitrogens with zero attached hydrogens (tertiary/aromatic N) is 2. The summed E-state index contributed by atoms with van der Waals surface area (Å²) in [5.74, 6) is 2.29. The fraction of sp³-hybridized carbons (Fsp3) is 0.0909. The largest absolute Gasteiger partial charge is 0.497 e. The smallest absolute Gasteiger partial charge is 0.162 e. The van der Waals surface area contributed by atoms with Crippen molar-refractivity contribution in [3.05, 3.63) is 78.4 Å². The highest BCUT2D eigenvalue weighted by Gasteiger charge is 2.10. The summed E-state index contributed by atoms with van der Waals surface area (Å²) in [6.07, 6.45) is 0. The van der Waals surface area contributed by atoms with Crippen LogP contribution in [-0.4, -0.2) is 17.1 Å². The van der Waals surface area contributed by atoms with E-state index in [2.05, 4.69) is 24.4 Å². The first kappa shape index (κ1) is 16.1. The monoisotopic (exact) mass is 341 g/mol. The molecule has 0 radical (unpaired) electrons. The van der Waals surface area contributed by atoms with Crippen molar-refractivity contribution in [3.63, 3.8) is 0 Å². The topological polar surface area (TPSA) is 47.0 Å². The van der Waals surface area contributed by atoms with Gasteiger partial charge in [-0.1, -0.05) is 24.3 Å². The molecule has 1 aromatic heterocycles. The van der Waals surface area contributed by atoms with E-state index in [0.717, 1.165) is 33.7 Å². The highest BCUT2D eigenvalue weighted by atomic mass is 16.5. The van der Waals surface area contributed by atoms with Crippen LogP contribution in [0.1, 0.15) is 5.56 Å². The van der Waals surface area contributed by atoms with Gasteiger partial charge >= 0.3 is 0 Å². The lowest BCUT2D eigenvalue weighted by molar-refractivity contribution is 0.415. The molecule has 1 N–H and O–H groups in total. The van der Waals surface area contributed by atoms with Crippen LogP contribution < -0.4 is 10.1 Å². The summed E-state index contributed by atoms with van der Waals surface area (Å²) in [6.45, 7) is 2.08. The van der Waals surface area contributed by atoms with Crippen molar-refractivity contribution >= 4 is 22.4 Å². The zero-order valence-electron chi connectivity index (χ0n) is 14.7. The van der Waals surface area contributed by atoms with Gasteiger partial charge in [-0.15, -0.1) is 0 Å². The maximum absolute atomic E-state index is 5.24. The van der Waals surface area contributed by atoms with Crippen LogP contribution >= 0.6 is 0 Å². The van der Waals surface area contributed by atoms with Crippen LogP contribution in [0, 0.1) is 6.92 Å². The first-order valence-corrected chi connectivity index (χ1v) is 8.48. The lowest BCUT2D eigenvalue weighted by atomic mass is 10.1. The molecule has 0 spiro atoms. The van der Waals surface area contributed by atoms with E-state index in [1.165, 1.54) is 5.56 Å². The second kappa shape index (κ2) is 6.84. The molecule has 3 aromatic carbocycles. The summed E-state index contributed by atoms with van der Waals surface area (Å²) in [5.41, 5.74) is 4.06. The third kappa shape index (κ3) is 3.22. The van der Waals surface area contributed by atoms with Crippen molar-refractivity contribution in [1.29, 1.82) is 0 Å². The van der Waals surface area contributed by atoms with Crippen LogP contribution in [0.15, 0.2) is 72.8 Å². The Kier molecular flexibility index (Phi) is 4.23. The Balaban J connectivity index is 1.82. The molecule has 4 nitrogen and oxygen atoms in total. The zero-order chi connectivity index (χ0) is 17.9. The van der Waals surface area contributed by atoms with Crippen molar-refractivity contribution in [2.45, 2.75) is 6.92 Å². The Hall–Kier alpha value is -3.40. The van der Waals surface area contributed by atoms with E-state index >= 15 is 0 Å². The quantitative estimate of drug-likeness (QED) is 0.543. The SMILES string of the molecule is COc1ccc(-c2nc(Nc3cccc(C)c3)c3ccccc3n2)cc1. The Bertz CT molecular complexity index is 1060. The summed E-state index contributed by atoms with van der Waals surface area (Å²) in [5, 5.41) is 4.44. The minimum Gasteiger partial charge on any atom is -0.497 e. The highest BCUT2D eigenvalue weighted by molar-refractivity contribution is 5.92. The lowest BCUT2D eigenvalue weighted by Gasteiger charge is -2.12. The number of ether oxygens (including phenoxy) is 1. The lowest BCUT2D eigenvalue weighted by Crippen LogP contribution is -1.99. The summed E-state index contributed by atoms with van der Waals surface area (Å²) < 4.78 is 5.24. The molecule has 0 unspecified atom stereocenters. The number of nitrogens with one attached hydrogen (secondary N) is 1. The molecule has 4 heteroatoms. The van der Waals surface area contributed by atoms with Gasteiger partial charge in [-0.25, -0.2) is 9.97 Å². The standard InChI is InChI=1S/C22H19N3O/c1-15-6-5-7-17(14-15)23-22-19-8-3-4-9-20(19)24-21(25-22)16-10-12-18(26-2)13-11-16/h3-14H,1-2H3,(H,23,24,25). The molecule has 0 aliphatic rings. The maximum Gasteiger partial charge on any atom is 0.162 e. The minimum absolute atomic E-state index is 0.682. The van der Waals surface area contributed by atoms with Gasteiger partial charge in [0.2, 0.25) is 0 Å². The molecular weight excluding hydrogens is 322 g/mol. The Morgan fingerprint density at radius 3 is 2.42 bits per heavy atom. The van der Waals surface area contributed by atoms with Crippen LogP contribution in [-0.2, 0) is 0 Å². The van der Waals surface area contributed by atoms with Crippen LogP contribution in [0.25, 0.3) is 22.3 Å². The normalized spacial score (nSPS) is 10.7. The summed E-state index contributed by atoms with van der Waals surface area (Å²) >= 11 is 0. The molecule has 0 saturated heterocycles. The van der Waals surface area contributed by atoms with Crippen LogP contribution in [0.2, 0.25) is 0 Å². The van der Waals surface area contributed by atoms with Gasteiger partial charge in [-0.3, -0.25) is 0 Å². The predicted molar refractivity (Wildman–Crippen MR) is 106 cm³/mol. The average Bonchev–Trinajstić information content (AvgIpc) is 2.68. The van der Waals surface area contributed by atoms with Crippen molar-refractivity contribution in [2.24, 2.45) is 0 Å². The van der Waals surface area contributed by atoms with E-state index in [4.69, 9.17) is 14.7 Å². The molecule has 26 heavy (non-hydrogen) atoms. The molecular formula is C22H19N3O. The summed E-state index contributed by atoms with van der Waals surface area (Å²) in [6, 6.07) is 24.1. The number of methoxy groups -OCH3 is 1. The number of aryl methyl sites for hydroxylation is 1. The van der Waals surface area contributed by atoms with Gasteiger partial charge in [-0.05, 0) is 61.0 Å². The van der Waals surface area contributed by atoms with Crippen LogP contribution in [0.3, 0.4) is 0 Å². The predicted octanol–water partition coefficient (Wildman–Crippen LogP) is 5.36. The Morgan fingerprint density at radius 2 is 1.65 bits per heavy atom. The number of aromatic nitrogens is 2. The van der Waals surface area contributed by atoms with E-state index in [1.54, 1.807) is 7.11 Å². The molecule has 128 valence electrons. The zero-order valence-corrected chi connectivity index (χ0v) is 14.7. The van der Waals surface area contributed by atoms with Gasteiger partial charge in [0.15, 0.2) is 5.82 Å². The molecule has 4 aromatic rings. The Morgan fingerprint density at radius 1 is 0.846 bits per heavy atom. The Labute approximate surface area is 152 Å². The fourth-order valence-corrected chi connectivity index (χ4v) is 2.90. The highest BCUT2D eigenvalue weighted by Crippen LogP contribution is 2.28. The number of hydrogen-bond donors (Lipinski definition) is 1. The number of anilines is 2. The number of fused-ring (bicyclic) bond motifs is 1. The van der Waals surface area contributed by atoms with Crippen molar-refractivity contribution in [2.75, 3.05) is 12.4 Å². The molecule has 1 heterocycles. The van der Waals surface area contributed by atoms with E-state index < -0.39 is 0 Å². The molecule has 0 amide bonds. The number of benzene rings is 3. The van der Waals surface area contributed by atoms with Gasteiger partial charge in [-0.2, -0.15) is 0 Å². The van der Waals surface area contributed by atoms with Crippen LogP contribution in [0.5, 0.6) is 5.75 Å². The van der Waals surface area contributed by atoms with E-state index in [9.17, 15) is 0 Å². The van der Waals surface area contributed by atoms with Gasteiger partial charge < -0.3 is 10.1 Å². The molecule has 0 bridgehead atoms. The number of rotatable bonds is 4. The molecule has 0 aliphatic heterocycles. The number of para-hydroxylation sites is 1. The summed E-state index contributed by atoms with van der Waals surface area (Å²) in [7, 11) is 1.66. The van der Waals surface area contributed by atoms with Gasteiger partial charge in [0.1, 0.15) is 11.6 Å². The van der Waals surface area contributed by atoms with Gasteiger partial charge in [0.05, 0.1) is 12.6 Å². The first-order chi connectivity index (χ1) is 12.7. The first-order valence-electron chi connectivity index (χ1n) is 8.48.